The van der Waals surface area contributed by atoms with Gasteiger partial charge in [-0.1, -0.05) is 19.1 Å². The number of halogens is 3. The SMILES string of the molecule is Cc1cccc2c1CC(C(=O)N1CC(C)(CC(F)(F)F)C1)O2. The smallest absolute Gasteiger partial charge is 0.389 e. The standard InChI is InChI=1S/C16H18F3NO2/c1-10-4-3-5-12-11(10)6-13(22-12)14(21)20-8-15(2,9-20)7-16(17,18)19/h3-5,13H,6-9H2,1-2H3. The van der Waals surface area contributed by atoms with E-state index in [0.29, 0.717) is 12.2 Å². The van der Waals surface area contributed by atoms with Gasteiger partial charge in [-0.05, 0) is 18.6 Å². The molecule has 22 heavy (non-hydrogen) atoms. The van der Waals surface area contributed by atoms with Crippen LogP contribution in [0.15, 0.2) is 18.2 Å². The Labute approximate surface area is 127 Å². The number of hydrogen-bond donors (Lipinski definition) is 0. The molecule has 2 aliphatic rings. The summed E-state index contributed by atoms with van der Waals surface area (Å²) < 4.78 is 43.2. The molecule has 0 bridgehead atoms. The molecule has 0 saturated carbocycles. The summed E-state index contributed by atoms with van der Waals surface area (Å²) >= 11 is 0. The molecule has 2 heterocycles. The molecule has 1 unspecified atom stereocenters. The van der Waals surface area contributed by atoms with Gasteiger partial charge < -0.3 is 9.64 Å². The van der Waals surface area contributed by atoms with E-state index in [0.717, 1.165) is 11.1 Å². The highest BCUT2D eigenvalue weighted by Gasteiger charge is 2.50. The molecule has 1 fully saturated rings. The van der Waals surface area contributed by atoms with Crippen molar-refractivity contribution in [2.24, 2.45) is 5.41 Å². The van der Waals surface area contributed by atoms with Crippen molar-refractivity contribution in [3.05, 3.63) is 29.3 Å². The van der Waals surface area contributed by atoms with Gasteiger partial charge in [0.15, 0.2) is 6.10 Å². The van der Waals surface area contributed by atoms with Gasteiger partial charge >= 0.3 is 6.18 Å². The first-order valence-corrected chi connectivity index (χ1v) is 7.28. The van der Waals surface area contributed by atoms with Crippen molar-refractivity contribution in [1.29, 1.82) is 0 Å². The lowest BCUT2D eigenvalue weighted by molar-refractivity contribution is -0.184. The number of ether oxygens (including phenoxy) is 1. The second-order valence-electron chi connectivity index (χ2n) is 6.66. The van der Waals surface area contributed by atoms with E-state index in [2.05, 4.69) is 0 Å². The summed E-state index contributed by atoms with van der Waals surface area (Å²) in [6, 6.07) is 5.64. The van der Waals surface area contributed by atoms with Crippen LogP contribution in [-0.4, -0.2) is 36.2 Å². The molecule has 3 nitrogen and oxygen atoms in total. The Balaban J connectivity index is 1.61. The molecule has 1 amide bonds. The fraction of sp³-hybridized carbons (Fsp3) is 0.562. The molecule has 0 aliphatic carbocycles. The van der Waals surface area contributed by atoms with Crippen molar-refractivity contribution < 1.29 is 22.7 Å². The van der Waals surface area contributed by atoms with Crippen LogP contribution in [-0.2, 0) is 11.2 Å². The van der Waals surface area contributed by atoms with Gasteiger partial charge in [-0.25, -0.2) is 0 Å². The number of likely N-dealkylation sites (tertiary alicyclic amines) is 1. The Hall–Kier alpha value is -1.72. The van der Waals surface area contributed by atoms with Crippen molar-refractivity contribution in [1.82, 2.24) is 4.90 Å². The Bertz CT molecular complexity index is 606. The normalized spacial score (nSPS) is 22.8. The fourth-order valence-corrected chi connectivity index (χ4v) is 3.40. The van der Waals surface area contributed by atoms with Crippen LogP contribution in [0.5, 0.6) is 5.75 Å². The largest absolute Gasteiger partial charge is 0.480 e. The molecule has 1 aromatic rings. The molecule has 120 valence electrons. The number of alkyl halides is 3. The highest BCUT2D eigenvalue weighted by molar-refractivity contribution is 5.83. The number of amides is 1. The van der Waals surface area contributed by atoms with Gasteiger partial charge in [0.05, 0.1) is 6.42 Å². The van der Waals surface area contributed by atoms with Gasteiger partial charge in [0.2, 0.25) is 0 Å². The Kier molecular flexibility index (Phi) is 3.38. The lowest BCUT2D eigenvalue weighted by atomic mass is 9.78. The van der Waals surface area contributed by atoms with Crippen molar-refractivity contribution in [2.45, 2.75) is 39.0 Å². The molecule has 1 aromatic carbocycles. The maximum atomic E-state index is 12.5. The molecule has 0 aromatic heterocycles. The second-order valence-corrected chi connectivity index (χ2v) is 6.66. The zero-order valence-electron chi connectivity index (χ0n) is 12.5. The predicted octanol–water partition coefficient (Wildman–Crippen LogP) is 3.10. The van der Waals surface area contributed by atoms with E-state index < -0.39 is 24.1 Å². The van der Waals surface area contributed by atoms with E-state index in [-0.39, 0.29) is 19.0 Å². The maximum absolute atomic E-state index is 12.5. The van der Waals surface area contributed by atoms with Crippen molar-refractivity contribution in [2.75, 3.05) is 13.1 Å². The number of benzene rings is 1. The van der Waals surface area contributed by atoms with Crippen LogP contribution in [0.25, 0.3) is 0 Å². The average molecular weight is 313 g/mol. The van der Waals surface area contributed by atoms with Crippen LogP contribution in [0.4, 0.5) is 13.2 Å². The third kappa shape index (κ3) is 2.78. The molecule has 6 heteroatoms. The summed E-state index contributed by atoms with van der Waals surface area (Å²) in [6.45, 7) is 3.80. The van der Waals surface area contributed by atoms with E-state index in [1.54, 1.807) is 6.92 Å². The first-order valence-electron chi connectivity index (χ1n) is 7.28. The summed E-state index contributed by atoms with van der Waals surface area (Å²) in [5, 5.41) is 0. The lowest BCUT2D eigenvalue weighted by Crippen LogP contribution is -2.60. The minimum absolute atomic E-state index is 0.139. The first-order chi connectivity index (χ1) is 10.2. The zero-order valence-corrected chi connectivity index (χ0v) is 12.5. The molecular formula is C16H18F3NO2. The average Bonchev–Trinajstić information content (AvgIpc) is 2.78. The van der Waals surface area contributed by atoms with Gasteiger partial charge in [-0.2, -0.15) is 13.2 Å². The van der Waals surface area contributed by atoms with Crippen molar-refractivity contribution in [3.8, 4) is 5.75 Å². The Morgan fingerprint density at radius 1 is 1.41 bits per heavy atom. The summed E-state index contributed by atoms with van der Waals surface area (Å²) in [7, 11) is 0. The van der Waals surface area contributed by atoms with Gasteiger partial charge in [0, 0.05) is 30.5 Å². The molecule has 3 rings (SSSR count). The van der Waals surface area contributed by atoms with Gasteiger partial charge in [0.1, 0.15) is 5.75 Å². The number of aryl methyl sites for hydroxylation is 1. The Morgan fingerprint density at radius 2 is 2.09 bits per heavy atom. The summed E-state index contributed by atoms with van der Waals surface area (Å²) in [5.41, 5.74) is 1.22. The van der Waals surface area contributed by atoms with Crippen LogP contribution >= 0.6 is 0 Å². The second kappa shape index (κ2) is 4.89. The zero-order chi connectivity index (χ0) is 16.1. The minimum atomic E-state index is -4.19. The molecule has 0 N–H and O–H groups in total. The third-order valence-corrected chi connectivity index (χ3v) is 4.39. The molecule has 0 radical (unpaired) electrons. The molecular weight excluding hydrogens is 295 g/mol. The molecule has 2 aliphatic heterocycles. The van der Waals surface area contributed by atoms with E-state index in [9.17, 15) is 18.0 Å². The number of hydrogen-bond acceptors (Lipinski definition) is 2. The van der Waals surface area contributed by atoms with E-state index in [4.69, 9.17) is 4.74 Å². The number of rotatable bonds is 2. The first kappa shape index (κ1) is 15.2. The summed E-state index contributed by atoms with van der Waals surface area (Å²) in [6.07, 6.45) is -5.16. The van der Waals surface area contributed by atoms with Crippen molar-refractivity contribution in [3.63, 3.8) is 0 Å². The molecule has 0 spiro atoms. The minimum Gasteiger partial charge on any atom is -0.480 e. The van der Waals surface area contributed by atoms with Crippen molar-refractivity contribution >= 4 is 5.91 Å². The predicted molar refractivity (Wildman–Crippen MR) is 74.7 cm³/mol. The van der Waals surface area contributed by atoms with Gasteiger partial charge in [0.25, 0.3) is 5.91 Å². The molecule has 1 saturated heterocycles. The topological polar surface area (TPSA) is 29.5 Å². The van der Waals surface area contributed by atoms with Crippen LogP contribution in [0.1, 0.15) is 24.5 Å². The highest BCUT2D eigenvalue weighted by atomic mass is 19.4. The van der Waals surface area contributed by atoms with Crippen LogP contribution in [0, 0.1) is 12.3 Å². The fourth-order valence-electron chi connectivity index (χ4n) is 3.40. The quantitative estimate of drug-likeness (QED) is 0.840. The van der Waals surface area contributed by atoms with E-state index in [1.165, 1.54) is 4.90 Å². The lowest BCUT2D eigenvalue weighted by Gasteiger charge is -2.48. The number of nitrogens with zero attached hydrogens (tertiary/aromatic N) is 1. The van der Waals surface area contributed by atoms with E-state index in [1.807, 2.05) is 25.1 Å². The number of carbonyl (C=O) groups excluding carboxylic acids is 1. The monoisotopic (exact) mass is 313 g/mol. The van der Waals surface area contributed by atoms with E-state index >= 15 is 0 Å². The third-order valence-electron chi connectivity index (χ3n) is 4.39. The van der Waals surface area contributed by atoms with Crippen LogP contribution in [0.3, 0.4) is 0 Å². The number of fused-ring (bicyclic) bond motifs is 1. The Morgan fingerprint density at radius 3 is 2.68 bits per heavy atom. The summed E-state index contributed by atoms with van der Waals surface area (Å²) in [4.78, 5) is 13.9. The molecule has 1 atom stereocenters. The van der Waals surface area contributed by atoms with Crippen LogP contribution in [0.2, 0.25) is 0 Å². The highest BCUT2D eigenvalue weighted by Crippen LogP contribution is 2.41. The maximum Gasteiger partial charge on any atom is 0.389 e. The van der Waals surface area contributed by atoms with Gasteiger partial charge in [-0.15, -0.1) is 0 Å². The van der Waals surface area contributed by atoms with Crippen LogP contribution < -0.4 is 4.74 Å². The summed E-state index contributed by atoms with van der Waals surface area (Å²) in [5.74, 6) is 0.493. The number of carbonyl (C=O) groups is 1. The van der Waals surface area contributed by atoms with Gasteiger partial charge in [-0.3, -0.25) is 4.79 Å².